The van der Waals surface area contributed by atoms with Gasteiger partial charge in [0.2, 0.25) is 11.8 Å². The topological polar surface area (TPSA) is 67.6 Å². The Kier molecular flexibility index (Phi) is 4.71. The predicted molar refractivity (Wildman–Crippen MR) is 100 cm³/mol. The summed E-state index contributed by atoms with van der Waals surface area (Å²) in [5.41, 5.74) is 3.50. The molecule has 0 unspecified atom stereocenters. The zero-order chi connectivity index (χ0) is 17.9. The fourth-order valence-corrected chi connectivity index (χ4v) is 3.49. The Bertz CT molecular complexity index is 885. The molecule has 1 aliphatic heterocycles. The number of fused-ring (bicyclic) bond motifs is 1. The molecule has 26 heavy (non-hydrogen) atoms. The highest BCUT2D eigenvalue weighted by molar-refractivity contribution is 5.48. The van der Waals surface area contributed by atoms with Crippen molar-refractivity contribution in [3.63, 3.8) is 0 Å². The number of anilines is 1. The lowest BCUT2D eigenvalue weighted by Gasteiger charge is -2.32. The monoisotopic (exact) mass is 352 g/mol. The Morgan fingerprint density at radius 2 is 2.08 bits per heavy atom. The van der Waals surface area contributed by atoms with E-state index < -0.39 is 0 Å². The number of hydrogen-bond acceptors (Lipinski definition) is 6. The van der Waals surface area contributed by atoms with Gasteiger partial charge in [-0.2, -0.15) is 4.98 Å². The number of ether oxygens (including phenoxy) is 1. The van der Waals surface area contributed by atoms with E-state index in [2.05, 4.69) is 54.8 Å². The molecule has 1 fully saturated rings. The van der Waals surface area contributed by atoms with Crippen LogP contribution in [0.1, 0.15) is 24.1 Å². The van der Waals surface area contributed by atoms with E-state index in [1.54, 1.807) is 19.4 Å². The maximum atomic E-state index is 5.16. The molecule has 0 amide bonds. The van der Waals surface area contributed by atoms with Crippen LogP contribution in [0.3, 0.4) is 0 Å². The number of methoxy groups -OCH3 is 1. The summed E-state index contributed by atoms with van der Waals surface area (Å²) in [4.78, 5) is 15.7. The third-order valence-corrected chi connectivity index (χ3v) is 4.95. The molecule has 1 aliphatic rings. The van der Waals surface area contributed by atoms with Crippen LogP contribution in [0.5, 0.6) is 5.88 Å². The summed E-state index contributed by atoms with van der Waals surface area (Å²) in [5, 5.41) is 3.43. The molecule has 3 aromatic heterocycles. The van der Waals surface area contributed by atoms with Crippen molar-refractivity contribution in [2.75, 3.05) is 25.5 Å². The molecule has 4 rings (SSSR count). The normalized spacial score (nSPS) is 16.1. The first-order valence-corrected chi connectivity index (χ1v) is 9.00. The van der Waals surface area contributed by atoms with E-state index in [0.717, 1.165) is 38.1 Å². The second-order valence-corrected chi connectivity index (χ2v) is 6.75. The number of rotatable bonds is 5. The molecule has 3 aromatic rings. The molecule has 0 spiro atoms. The van der Waals surface area contributed by atoms with Crippen molar-refractivity contribution in [1.82, 2.24) is 24.3 Å². The molecule has 136 valence electrons. The van der Waals surface area contributed by atoms with Crippen molar-refractivity contribution in [1.29, 1.82) is 0 Å². The average Bonchev–Trinajstić information content (AvgIpc) is 3.08. The fraction of sp³-hybridized carbons (Fsp3) is 0.421. The summed E-state index contributed by atoms with van der Waals surface area (Å²) in [7, 11) is 1.62. The Labute approximate surface area is 153 Å². The molecule has 0 radical (unpaired) electrons. The molecule has 0 saturated carbocycles. The van der Waals surface area contributed by atoms with Crippen molar-refractivity contribution in [2.45, 2.75) is 32.4 Å². The minimum atomic E-state index is 0.391. The van der Waals surface area contributed by atoms with E-state index in [1.807, 2.05) is 6.20 Å². The van der Waals surface area contributed by atoms with Crippen LogP contribution in [0.15, 0.2) is 36.8 Å². The zero-order valence-electron chi connectivity index (χ0n) is 15.2. The molecule has 4 heterocycles. The number of aromatic nitrogens is 4. The number of piperidine rings is 1. The van der Waals surface area contributed by atoms with Crippen molar-refractivity contribution in [2.24, 2.45) is 0 Å². The Morgan fingerprint density at radius 1 is 1.23 bits per heavy atom. The van der Waals surface area contributed by atoms with Gasteiger partial charge >= 0.3 is 0 Å². The number of hydrogen-bond donors (Lipinski definition) is 1. The minimum absolute atomic E-state index is 0.391. The highest BCUT2D eigenvalue weighted by atomic mass is 16.5. The van der Waals surface area contributed by atoms with Gasteiger partial charge in [-0.3, -0.25) is 4.90 Å². The van der Waals surface area contributed by atoms with E-state index in [0.29, 0.717) is 17.9 Å². The van der Waals surface area contributed by atoms with Gasteiger partial charge in [0.15, 0.2) is 0 Å². The molecule has 0 aromatic carbocycles. The van der Waals surface area contributed by atoms with E-state index in [4.69, 9.17) is 4.74 Å². The largest absolute Gasteiger partial charge is 0.481 e. The predicted octanol–water partition coefficient (Wildman–Crippen LogP) is 2.52. The first kappa shape index (κ1) is 16.8. The van der Waals surface area contributed by atoms with E-state index in [1.165, 1.54) is 11.3 Å². The summed E-state index contributed by atoms with van der Waals surface area (Å²) in [5.74, 6) is 1.22. The van der Waals surface area contributed by atoms with Crippen LogP contribution in [0.2, 0.25) is 0 Å². The van der Waals surface area contributed by atoms with Crippen molar-refractivity contribution in [3.05, 3.63) is 48.0 Å². The third-order valence-electron chi connectivity index (χ3n) is 4.95. The average molecular weight is 352 g/mol. The number of likely N-dealkylation sites (tertiary alicyclic amines) is 1. The lowest BCUT2D eigenvalue weighted by Crippen LogP contribution is -2.39. The van der Waals surface area contributed by atoms with Crippen LogP contribution >= 0.6 is 0 Å². The molecular weight excluding hydrogens is 328 g/mol. The van der Waals surface area contributed by atoms with Gasteiger partial charge in [0.05, 0.1) is 19.0 Å². The summed E-state index contributed by atoms with van der Waals surface area (Å²) in [6.45, 7) is 5.11. The maximum absolute atomic E-state index is 5.16. The van der Waals surface area contributed by atoms with Crippen LogP contribution in [-0.4, -0.2) is 50.5 Å². The lowest BCUT2D eigenvalue weighted by atomic mass is 10.1. The van der Waals surface area contributed by atoms with Gasteiger partial charge in [0.25, 0.3) is 0 Å². The smallest absolute Gasteiger partial charge is 0.226 e. The second kappa shape index (κ2) is 7.29. The molecule has 0 aliphatic carbocycles. The highest BCUT2D eigenvalue weighted by Gasteiger charge is 2.21. The van der Waals surface area contributed by atoms with Crippen molar-refractivity contribution >= 4 is 11.6 Å². The molecule has 1 N–H and O–H groups in total. The SMILES string of the molecule is COc1ccnc(NC2CCN(Cc3cnc4c(C)cccn34)CC2)n1. The first-order valence-electron chi connectivity index (χ1n) is 9.00. The van der Waals surface area contributed by atoms with Gasteiger partial charge in [0.1, 0.15) is 5.65 Å². The van der Waals surface area contributed by atoms with Crippen LogP contribution in [0.25, 0.3) is 5.65 Å². The van der Waals surface area contributed by atoms with Gasteiger partial charge < -0.3 is 14.5 Å². The number of pyridine rings is 1. The summed E-state index contributed by atoms with van der Waals surface area (Å²) in [6, 6.07) is 6.33. The Morgan fingerprint density at radius 3 is 2.88 bits per heavy atom. The van der Waals surface area contributed by atoms with Crippen molar-refractivity contribution in [3.8, 4) is 5.88 Å². The van der Waals surface area contributed by atoms with Gasteiger partial charge in [-0.1, -0.05) is 6.07 Å². The Balaban J connectivity index is 1.35. The van der Waals surface area contributed by atoms with Crippen LogP contribution in [-0.2, 0) is 6.54 Å². The van der Waals surface area contributed by atoms with Crippen molar-refractivity contribution < 1.29 is 4.74 Å². The summed E-state index contributed by atoms with van der Waals surface area (Å²) < 4.78 is 7.35. The zero-order valence-corrected chi connectivity index (χ0v) is 15.2. The summed E-state index contributed by atoms with van der Waals surface area (Å²) in [6.07, 6.45) is 7.94. The molecule has 7 heteroatoms. The summed E-state index contributed by atoms with van der Waals surface area (Å²) >= 11 is 0. The lowest BCUT2D eigenvalue weighted by molar-refractivity contribution is 0.208. The van der Waals surface area contributed by atoms with Gasteiger partial charge in [0, 0.05) is 44.1 Å². The van der Waals surface area contributed by atoms with Gasteiger partial charge in [-0.15, -0.1) is 0 Å². The third kappa shape index (κ3) is 3.48. The molecule has 1 saturated heterocycles. The fourth-order valence-electron chi connectivity index (χ4n) is 3.49. The number of imidazole rings is 1. The minimum Gasteiger partial charge on any atom is -0.481 e. The number of nitrogens with zero attached hydrogens (tertiary/aromatic N) is 5. The van der Waals surface area contributed by atoms with Gasteiger partial charge in [-0.05, 0) is 31.4 Å². The van der Waals surface area contributed by atoms with E-state index in [9.17, 15) is 0 Å². The molecule has 0 bridgehead atoms. The molecule has 7 nitrogen and oxygen atoms in total. The Hall–Kier alpha value is -2.67. The first-order chi connectivity index (χ1) is 12.7. The molecular formula is C19H24N6O. The quantitative estimate of drug-likeness (QED) is 0.761. The van der Waals surface area contributed by atoms with Gasteiger partial charge in [-0.25, -0.2) is 9.97 Å². The molecule has 0 atom stereocenters. The number of aryl methyl sites for hydroxylation is 1. The second-order valence-electron chi connectivity index (χ2n) is 6.75. The van der Waals surface area contributed by atoms with Crippen LogP contribution in [0.4, 0.5) is 5.95 Å². The van der Waals surface area contributed by atoms with E-state index in [-0.39, 0.29) is 0 Å². The van der Waals surface area contributed by atoms with Crippen LogP contribution in [0, 0.1) is 6.92 Å². The standard InChI is InChI=1S/C19H24N6O/c1-14-4-3-9-25-16(12-21-18(14)25)13-24-10-6-15(7-11-24)22-19-20-8-5-17(23-19)26-2/h3-5,8-9,12,15H,6-7,10-11,13H2,1-2H3,(H,20,22,23). The van der Waals surface area contributed by atoms with Crippen LogP contribution < -0.4 is 10.1 Å². The van der Waals surface area contributed by atoms with E-state index >= 15 is 0 Å². The maximum Gasteiger partial charge on any atom is 0.226 e. The number of nitrogens with one attached hydrogen (secondary N) is 1. The highest BCUT2D eigenvalue weighted by Crippen LogP contribution is 2.19.